The highest BCUT2D eigenvalue weighted by Gasteiger charge is 2.76. The molecule has 4 atom stereocenters. The molecule has 10 nitrogen and oxygen atoms in total. The number of hydrogen-bond donors (Lipinski definition) is 3. The third-order valence-corrected chi connectivity index (χ3v) is 7.00. The van der Waals surface area contributed by atoms with Gasteiger partial charge in [-0.2, -0.15) is 0 Å². The molecule has 1 aromatic rings. The summed E-state index contributed by atoms with van der Waals surface area (Å²) in [5.74, 6) is -3.19. The van der Waals surface area contributed by atoms with E-state index in [1.807, 2.05) is 0 Å². The zero-order valence-corrected chi connectivity index (χ0v) is 17.7. The molecule has 1 aromatic carbocycles. The van der Waals surface area contributed by atoms with Crippen LogP contribution in [0.25, 0.3) is 0 Å². The minimum absolute atomic E-state index is 0.444. The summed E-state index contributed by atoms with van der Waals surface area (Å²) in [6, 6.07) is 4.12. The maximum absolute atomic E-state index is 13.0. The molecule has 2 aliphatic rings. The summed E-state index contributed by atoms with van der Waals surface area (Å²) in [6.07, 6.45) is 0. The summed E-state index contributed by atoms with van der Waals surface area (Å²) in [4.78, 5) is 51.4. The van der Waals surface area contributed by atoms with Crippen molar-refractivity contribution in [3.8, 4) is 5.75 Å². The SMILES string of the molecule is COC(=O)C1(NC(=O)C(N)c2ccc(OC)cc2)C(=O)N2[C@@H](C(=O)O)C(C)(C)S[C@@H]21. The number of benzene rings is 1. The number of carbonyl (C=O) groups is 4. The van der Waals surface area contributed by atoms with Crippen LogP contribution in [0.3, 0.4) is 0 Å². The molecule has 2 saturated heterocycles. The van der Waals surface area contributed by atoms with E-state index in [9.17, 15) is 24.3 Å². The number of thioether (sulfide) groups is 1. The molecule has 0 aromatic heterocycles. The van der Waals surface area contributed by atoms with Crippen molar-refractivity contribution in [1.82, 2.24) is 10.2 Å². The number of aliphatic carboxylic acids is 1. The summed E-state index contributed by atoms with van der Waals surface area (Å²) in [7, 11) is 2.59. The number of nitrogens with one attached hydrogen (secondary N) is 1. The first kappa shape index (κ1) is 21.9. The highest BCUT2D eigenvalue weighted by Crippen LogP contribution is 2.55. The van der Waals surface area contributed by atoms with Crippen LogP contribution in [0.4, 0.5) is 0 Å². The highest BCUT2D eigenvalue weighted by atomic mass is 32.2. The van der Waals surface area contributed by atoms with E-state index in [0.29, 0.717) is 11.3 Å². The summed E-state index contributed by atoms with van der Waals surface area (Å²) >= 11 is 1.11. The van der Waals surface area contributed by atoms with E-state index in [1.165, 1.54) is 7.11 Å². The predicted molar refractivity (Wildman–Crippen MR) is 107 cm³/mol. The van der Waals surface area contributed by atoms with Crippen LogP contribution in [-0.4, -0.2) is 69.7 Å². The third-order valence-electron chi connectivity index (χ3n) is 5.37. The van der Waals surface area contributed by atoms with Crippen molar-refractivity contribution in [2.45, 2.75) is 41.6 Å². The molecular formula is C19H23N3O7S. The number of methoxy groups -OCH3 is 2. The van der Waals surface area contributed by atoms with E-state index < -0.39 is 51.5 Å². The zero-order valence-electron chi connectivity index (χ0n) is 16.9. The first-order valence-electron chi connectivity index (χ1n) is 9.04. The lowest BCUT2D eigenvalue weighted by molar-refractivity contribution is -0.180. The van der Waals surface area contributed by atoms with Gasteiger partial charge in [0.15, 0.2) is 0 Å². The van der Waals surface area contributed by atoms with Crippen LogP contribution in [0.5, 0.6) is 5.75 Å². The van der Waals surface area contributed by atoms with E-state index in [1.54, 1.807) is 38.1 Å². The molecule has 0 aliphatic carbocycles. The van der Waals surface area contributed by atoms with Crippen LogP contribution < -0.4 is 15.8 Å². The van der Waals surface area contributed by atoms with Crippen LogP contribution in [0.1, 0.15) is 25.5 Å². The first-order valence-corrected chi connectivity index (χ1v) is 9.92. The molecule has 2 unspecified atom stereocenters. The summed E-state index contributed by atoms with van der Waals surface area (Å²) in [5, 5.41) is 11.1. The van der Waals surface area contributed by atoms with E-state index in [2.05, 4.69) is 5.32 Å². The summed E-state index contributed by atoms with van der Waals surface area (Å²) in [6.45, 7) is 3.32. The molecule has 0 radical (unpaired) electrons. The van der Waals surface area contributed by atoms with Gasteiger partial charge in [0.1, 0.15) is 23.2 Å². The molecule has 4 N–H and O–H groups in total. The molecule has 2 amide bonds. The standard InChI is InChI=1S/C19H23N3O7S/c1-18(2)12(14(24)25)22-15(26)19(16(22)30-18,17(27)29-4)21-13(23)11(20)9-5-7-10(28-3)8-6-9/h5-8,11-12,16H,20H2,1-4H3,(H,21,23)(H,24,25)/t11?,12-,16+,19?/m0/s1. The van der Waals surface area contributed by atoms with Crippen molar-refractivity contribution in [2.24, 2.45) is 5.73 Å². The summed E-state index contributed by atoms with van der Waals surface area (Å²) < 4.78 is 8.98. The number of amides is 2. The maximum Gasteiger partial charge on any atom is 0.344 e. The normalized spacial score (nSPS) is 27.5. The minimum atomic E-state index is -2.04. The lowest BCUT2D eigenvalue weighted by Gasteiger charge is -2.50. The number of carboxylic acids is 1. The number of carbonyl (C=O) groups excluding carboxylic acids is 3. The number of rotatable bonds is 6. The highest BCUT2D eigenvalue weighted by molar-refractivity contribution is 8.01. The Balaban J connectivity index is 1.90. The van der Waals surface area contributed by atoms with Crippen molar-refractivity contribution >= 4 is 35.5 Å². The molecule has 3 rings (SSSR count). The molecule has 0 spiro atoms. The second kappa shape index (κ2) is 7.47. The molecule has 2 fully saturated rings. The Morgan fingerprint density at radius 2 is 1.83 bits per heavy atom. The Kier molecular flexibility index (Phi) is 5.46. The molecule has 162 valence electrons. The molecular weight excluding hydrogens is 414 g/mol. The van der Waals surface area contributed by atoms with Gasteiger partial charge in [-0.15, -0.1) is 11.8 Å². The third kappa shape index (κ3) is 3.08. The Hall–Kier alpha value is -2.79. The zero-order chi connectivity index (χ0) is 22.4. The monoisotopic (exact) mass is 437 g/mol. The van der Waals surface area contributed by atoms with E-state index in [-0.39, 0.29) is 0 Å². The van der Waals surface area contributed by atoms with Gasteiger partial charge in [-0.05, 0) is 31.5 Å². The van der Waals surface area contributed by atoms with Gasteiger partial charge in [-0.3, -0.25) is 9.59 Å². The van der Waals surface area contributed by atoms with Crippen molar-refractivity contribution in [1.29, 1.82) is 0 Å². The number of nitrogens with two attached hydrogens (primary N) is 1. The van der Waals surface area contributed by atoms with Gasteiger partial charge in [-0.1, -0.05) is 12.1 Å². The van der Waals surface area contributed by atoms with Gasteiger partial charge in [0.2, 0.25) is 11.4 Å². The number of esters is 1. The van der Waals surface area contributed by atoms with Gasteiger partial charge in [-0.25, -0.2) is 9.59 Å². The van der Waals surface area contributed by atoms with Crippen molar-refractivity contribution in [3.05, 3.63) is 29.8 Å². The Morgan fingerprint density at radius 1 is 1.23 bits per heavy atom. The molecule has 2 aliphatic heterocycles. The fourth-order valence-electron chi connectivity index (χ4n) is 3.81. The van der Waals surface area contributed by atoms with Crippen LogP contribution >= 0.6 is 11.8 Å². The fraction of sp³-hybridized carbons (Fsp3) is 0.474. The van der Waals surface area contributed by atoms with Crippen LogP contribution in [0.2, 0.25) is 0 Å². The fourth-order valence-corrected chi connectivity index (χ4v) is 5.49. The van der Waals surface area contributed by atoms with Crippen molar-refractivity contribution < 1.29 is 33.8 Å². The van der Waals surface area contributed by atoms with Gasteiger partial charge in [0.25, 0.3) is 5.91 Å². The number of fused-ring (bicyclic) bond motifs is 1. The maximum atomic E-state index is 13.0. The molecule has 11 heteroatoms. The van der Waals surface area contributed by atoms with Crippen LogP contribution in [-0.2, 0) is 23.9 Å². The minimum Gasteiger partial charge on any atom is -0.497 e. The van der Waals surface area contributed by atoms with Gasteiger partial charge in [0.05, 0.1) is 14.2 Å². The predicted octanol–water partition coefficient (Wildman–Crippen LogP) is -0.130. The molecule has 2 heterocycles. The number of ether oxygens (including phenoxy) is 2. The van der Waals surface area contributed by atoms with E-state index in [0.717, 1.165) is 23.8 Å². The van der Waals surface area contributed by atoms with E-state index in [4.69, 9.17) is 15.2 Å². The quantitative estimate of drug-likeness (QED) is 0.314. The lowest BCUT2D eigenvalue weighted by atomic mass is 9.84. The molecule has 30 heavy (non-hydrogen) atoms. The van der Waals surface area contributed by atoms with Crippen LogP contribution in [0, 0.1) is 0 Å². The van der Waals surface area contributed by atoms with Crippen molar-refractivity contribution in [3.63, 3.8) is 0 Å². The second-order valence-corrected chi connectivity index (χ2v) is 9.30. The second-order valence-electron chi connectivity index (χ2n) is 7.57. The number of nitrogens with zero attached hydrogens (tertiary/aromatic N) is 1. The smallest absolute Gasteiger partial charge is 0.344 e. The number of carboxylic acid groups (broad SMARTS) is 1. The number of hydrogen-bond acceptors (Lipinski definition) is 8. The number of β-lactam (4-membered cyclic amide) rings is 1. The molecule has 0 bridgehead atoms. The first-order chi connectivity index (χ1) is 14.0. The largest absolute Gasteiger partial charge is 0.497 e. The van der Waals surface area contributed by atoms with Crippen LogP contribution in [0.15, 0.2) is 24.3 Å². The Morgan fingerprint density at radius 3 is 2.33 bits per heavy atom. The average Bonchev–Trinajstić information content (AvgIpc) is 2.99. The Labute approximate surface area is 177 Å². The Bertz CT molecular complexity index is 904. The van der Waals surface area contributed by atoms with E-state index >= 15 is 0 Å². The van der Waals surface area contributed by atoms with Gasteiger partial charge < -0.3 is 30.5 Å². The summed E-state index contributed by atoms with van der Waals surface area (Å²) in [5.41, 5.74) is 4.44. The molecule has 0 saturated carbocycles. The topological polar surface area (TPSA) is 148 Å². The average molecular weight is 437 g/mol. The van der Waals surface area contributed by atoms with Crippen molar-refractivity contribution in [2.75, 3.05) is 14.2 Å². The van der Waals surface area contributed by atoms with Gasteiger partial charge in [0, 0.05) is 4.75 Å². The van der Waals surface area contributed by atoms with Gasteiger partial charge >= 0.3 is 11.9 Å². The lowest BCUT2D eigenvalue weighted by Crippen LogP contribution is -2.83.